The molecular formula is C17H18N4O3. The minimum atomic E-state index is -0.563. The van der Waals surface area contributed by atoms with E-state index in [1.807, 2.05) is 0 Å². The SMILES string of the molecule is CC(=O)Nc1ccc(NC(=O)CNc2ccccc2C(N)=O)cc1. The van der Waals surface area contributed by atoms with E-state index >= 15 is 0 Å². The number of carbonyl (C=O) groups excluding carboxylic acids is 3. The lowest BCUT2D eigenvalue weighted by molar-refractivity contribution is -0.115. The number of nitrogens with two attached hydrogens (primary N) is 1. The minimum absolute atomic E-state index is 0.0161. The lowest BCUT2D eigenvalue weighted by atomic mass is 10.1. The molecule has 0 aliphatic rings. The molecule has 0 aliphatic carbocycles. The molecule has 0 fully saturated rings. The molecule has 7 heteroatoms. The van der Waals surface area contributed by atoms with Crippen molar-refractivity contribution in [3.05, 3.63) is 54.1 Å². The molecule has 5 N–H and O–H groups in total. The van der Waals surface area contributed by atoms with Crippen molar-refractivity contribution in [2.75, 3.05) is 22.5 Å². The van der Waals surface area contributed by atoms with Gasteiger partial charge in [0.2, 0.25) is 11.8 Å². The van der Waals surface area contributed by atoms with Crippen LogP contribution in [-0.2, 0) is 9.59 Å². The van der Waals surface area contributed by atoms with Crippen LogP contribution in [0.25, 0.3) is 0 Å². The maximum atomic E-state index is 12.0. The fourth-order valence-corrected chi connectivity index (χ4v) is 2.07. The predicted molar refractivity (Wildman–Crippen MR) is 92.8 cm³/mol. The zero-order valence-electron chi connectivity index (χ0n) is 13.1. The molecule has 7 nitrogen and oxygen atoms in total. The van der Waals surface area contributed by atoms with Crippen LogP contribution in [0, 0.1) is 0 Å². The average molecular weight is 326 g/mol. The van der Waals surface area contributed by atoms with E-state index < -0.39 is 5.91 Å². The molecular weight excluding hydrogens is 308 g/mol. The number of carbonyl (C=O) groups is 3. The summed E-state index contributed by atoms with van der Waals surface area (Å²) in [6.07, 6.45) is 0. The molecule has 124 valence electrons. The minimum Gasteiger partial charge on any atom is -0.376 e. The molecule has 0 aliphatic heterocycles. The van der Waals surface area contributed by atoms with Crippen molar-refractivity contribution < 1.29 is 14.4 Å². The molecule has 0 saturated carbocycles. The second kappa shape index (κ2) is 7.77. The van der Waals surface area contributed by atoms with Gasteiger partial charge in [-0.3, -0.25) is 14.4 Å². The van der Waals surface area contributed by atoms with Gasteiger partial charge >= 0.3 is 0 Å². The number of amides is 3. The van der Waals surface area contributed by atoms with Gasteiger partial charge < -0.3 is 21.7 Å². The highest BCUT2D eigenvalue weighted by Crippen LogP contribution is 2.15. The van der Waals surface area contributed by atoms with E-state index in [2.05, 4.69) is 16.0 Å². The Morgan fingerprint density at radius 3 is 2.08 bits per heavy atom. The number of benzene rings is 2. The third-order valence-electron chi connectivity index (χ3n) is 3.12. The van der Waals surface area contributed by atoms with Crippen LogP contribution in [0.15, 0.2) is 48.5 Å². The zero-order valence-corrected chi connectivity index (χ0v) is 13.1. The molecule has 3 amide bonds. The predicted octanol–water partition coefficient (Wildman–Crippen LogP) is 1.79. The van der Waals surface area contributed by atoms with Crippen LogP contribution in [0.3, 0.4) is 0 Å². The molecule has 0 bridgehead atoms. The van der Waals surface area contributed by atoms with Gasteiger partial charge in [-0.2, -0.15) is 0 Å². The van der Waals surface area contributed by atoms with Gasteiger partial charge in [0.1, 0.15) is 0 Å². The fraction of sp³-hybridized carbons (Fsp3) is 0.118. The number of hydrogen-bond acceptors (Lipinski definition) is 4. The van der Waals surface area contributed by atoms with Crippen LogP contribution in [0.1, 0.15) is 17.3 Å². The number of primary amides is 1. The summed E-state index contributed by atoms with van der Waals surface area (Å²) in [5.74, 6) is -1.00. The van der Waals surface area contributed by atoms with Crippen molar-refractivity contribution in [1.29, 1.82) is 0 Å². The van der Waals surface area contributed by atoms with E-state index in [0.29, 0.717) is 22.6 Å². The molecule has 2 rings (SSSR count). The number of nitrogens with one attached hydrogen (secondary N) is 3. The second-order valence-corrected chi connectivity index (χ2v) is 5.07. The van der Waals surface area contributed by atoms with Crippen LogP contribution in [0.2, 0.25) is 0 Å². The Morgan fingerprint density at radius 2 is 1.50 bits per heavy atom. The van der Waals surface area contributed by atoms with Crippen molar-refractivity contribution in [3.63, 3.8) is 0 Å². The summed E-state index contributed by atoms with van der Waals surface area (Å²) in [5, 5.41) is 8.23. The van der Waals surface area contributed by atoms with Crippen LogP contribution < -0.4 is 21.7 Å². The van der Waals surface area contributed by atoms with Gasteiger partial charge in [0.15, 0.2) is 0 Å². The topological polar surface area (TPSA) is 113 Å². The fourth-order valence-electron chi connectivity index (χ4n) is 2.07. The van der Waals surface area contributed by atoms with Gasteiger partial charge in [-0.05, 0) is 36.4 Å². The molecule has 0 heterocycles. The molecule has 0 spiro atoms. The van der Waals surface area contributed by atoms with Crippen molar-refractivity contribution in [2.24, 2.45) is 5.73 Å². The van der Waals surface area contributed by atoms with E-state index in [1.54, 1.807) is 48.5 Å². The number of anilines is 3. The summed E-state index contributed by atoms with van der Waals surface area (Å²) in [5.41, 5.74) is 7.35. The Hall–Kier alpha value is -3.35. The van der Waals surface area contributed by atoms with E-state index in [0.717, 1.165) is 0 Å². The van der Waals surface area contributed by atoms with E-state index in [-0.39, 0.29) is 18.4 Å². The number of hydrogen-bond donors (Lipinski definition) is 4. The summed E-state index contributed by atoms with van der Waals surface area (Å²) in [7, 11) is 0. The molecule has 0 saturated heterocycles. The third kappa shape index (κ3) is 4.84. The standard InChI is InChI=1S/C17H18N4O3/c1-11(22)20-12-6-8-13(9-7-12)21-16(23)10-19-15-5-3-2-4-14(15)17(18)24/h2-9,19H,10H2,1H3,(H2,18,24)(H,20,22)(H,21,23). The first kappa shape index (κ1) is 17.0. The zero-order chi connectivity index (χ0) is 17.5. The van der Waals surface area contributed by atoms with Gasteiger partial charge in [0, 0.05) is 24.0 Å². The molecule has 0 aromatic heterocycles. The molecule has 0 unspecified atom stereocenters. The average Bonchev–Trinajstić information content (AvgIpc) is 2.54. The Labute approximate surface area is 139 Å². The van der Waals surface area contributed by atoms with Crippen molar-refractivity contribution in [2.45, 2.75) is 6.92 Å². The summed E-state index contributed by atoms with van der Waals surface area (Å²) in [6, 6.07) is 13.4. The van der Waals surface area contributed by atoms with Crippen molar-refractivity contribution in [3.8, 4) is 0 Å². The highest BCUT2D eigenvalue weighted by Gasteiger charge is 2.08. The quantitative estimate of drug-likeness (QED) is 0.648. The molecule has 0 radical (unpaired) electrons. The summed E-state index contributed by atoms with van der Waals surface area (Å²) < 4.78 is 0. The highest BCUT2D eigenvalue weighted by atomic mass is 16.2. The van der Waals surface area contributed by atoms with Crippen LogP contribution in [0.4, 0.5) is 17.1 Å². The van der Waals surface area contributed by atoms with Gasteiger partial charge in [-0.1, -0.05) is 12.1 Å². The van der Waals surface area contributed by atoms with Gasteiger partial charge in [0.25, 0.3) is 5.91 Å². The van der Waals surface area contributed by atoms with Crippen molar-refractivity contribution in [1.82, 2.24) is 0 Å². The van der Waals surface area contributed by atoms with Crippen LogP contribution >= 0.6 is 0 Å². The van der Waals surface area contributed by atoms with Crippen LogP contribution in [0.5, 0.6) is 0 Å². The summed E-state index contributed by atoms with van der Waals surface area (Å²) in [4.78, 5) is 34.2. The second-order valence-electron chi connectivity index (χ2n) is 5.07. The third-order valence-corrected chi connectivity index (χ3v) is 3.12. The lowest BCUT2D eigenvalue weighted by Gasteiger charge is -2.10. The normalized spacial score (nSPS) is 9.88. The largest absolute Gasteiger partial charge is 0.376 e. The lowest BCUT2D eigenvalue weighted by Crippen LogP contribution is -2.23. The Bertz CT molecular complexity index is 757. The summed E-state index contributed by atoms with van der Waals surface area (Å²) in [6.45, 7) is 1.41. The number of rotatable bonds is 6. The first-order valence-corrected chi connectivity index (χ1v) is 7.26. The maximum absolute atomic E-state index is 12.0. The smallest absolute Gasteiger partial charge is 0.250 e. The monoisotopic (exact) mass is 326 g/mol. The highest BCUT2D eigenvalue weighted by molar-refractivity contribution is 6.00. The van der Waals surface area contributed by atoms with E-state index in [1.165, 1.54) is 6.92 Å². The maximum Gasteiger partial charge on any atom is 0.250 e. The first-order chi connectivity index (χ1) is 11.5. The van der Waals surface area contributed by atoms with Crippen LogP contribution in [-0.4, -0.2) is 24.3 Å². The molecule has 2 aromatic rings. The number of para-hydroxylation sites is 1. The van der Waals surface area contributed by atoms with Gasteiger partial charge in [-0.25, -0.2) is 0 Å². The first-order valence-electron chi connectivity index (χ1n) is 7.26. The van der Waals surface area contributed by atoms with Gasteiger partial charge in [0.05, 0.1) is 12.1 Å². The summed E-state index contributed by atoms with van der Waals surface area (Å²) >= 11 is 0. The molecule has 0 atom stereocenters. The Balaban J connectivity index is 1.92. The van der Waals surface area contributed by atoms with E-state index in [9.17, 15) is 14.4 Å². The Morgan fingerprint density at radius 1 is 0.917 bits per heavy atom. The van der Waals surface area contributed by atoms with Gasteiger partial charge in [-0.15, -0.1) is 0 Å². The van der Waals surface area contributed by atoms with E-state index in [4.69, 9.17) is 5.73 Å². The molecule has 2 aromatic carbocycles. The van der Waals surface area contributed by atoms with Crippen molar-refractivity contribution >= 4 is 34.8 Å². The Kier molecular flexibility index (Phi) is 5.51. The molecule has 24 heavy (non-hydrogen) atoms.